The first-order chi connectivity index (χ1) is 17.4. The lowest BCUT2D eigenvalue weighted by atomic mass is 9.43. The highest BCUT2D eigenvalue weighted by Gasteiger charge is 2.66. The monoisotopic (exact) mass is 525 g/mol. The average molecular weight is 526 g/mol. The fourth-order valence-corrected chi connectivity index (χ4v) is 10.5. The molecule has 1 aliphatic heterocycles. The summed E-state index contributed by atoms with van der Waals surface area (Å²) in [5.74, 6) is -2.26. The summed E-state index contributed by atoms with van der Waals surface area (Å²) in [6.45, 7) is 9.46. The standard InChI is InChI=1S/C30H49F2NO4/c1-18(6-4-12-33-13-5-7-19(16-33)27(36)37)21-8-9-22-26-23(10-11-28(21,22)2)29(3)17-30(31,32)25(35)15-20(29)14-24(26)34/h18-26,34-35H,4-17H2,1-3H3,(H,36,37)/t18-,19?,20-,21-,22+,23+,24+,25-,26+,28-,29+/m1/s1. The van der Waals surface area contributed by atoms with Gasteiger partial charge < -0.3 is 20.2 Å². The largest absolute Gasteiger partial charge is 0.481 e. The summed E-state index contributed by atoms with van der Waals surface area (Å²) in [4.78, 5) is 13.7. The van der Waals surface area contributed by atoms with Crippen molar-refractivity contribution in [3.05, 3.63) is 0 Å². The fraction of sp³-hybridized carbons (Fsp3) is 0.967. The van der Waals surface area contributed by atoms with Gasteiger partial charge in [0.15, 0.2) is 0 Å². The molecule has 1 unspecified atom stereocenters. The van der Waals surface area contributed by atoms with Crippen LogP contribution < -0.4 is 0 Å². The van der Waals surface area contributed by atoms with Crippen LogP contribution in [0.15, 0.2) is 0 Å². The molecule has 5 aliphatic rings. The topological polar surface area (TPSA) is 81.0 Å². The molecule has 0 spiro atoms. The van der Waals surface area contributed by atoms with Crippen LogP contribution in [0.5, 0.6) is 0 Å². The van der Waals surface area contributed by atoms with E-state index in [0.29, 0.717) is 30.7 Å². The Balaban J connectivity index is 1.23. The summed E-state index contributed by atoms with van der Waals surface area (Å²) in [7, 11) is 0. The molecule has 4 aliphatic carbocycles. The summed E-state index contributed by atoms with van der Waals surface area (Å²) >= 11 is 0. The molecule has 3 N–H and O–H groups in total. The molecule has 5 rings (SSSR count). The molecule has 0 radical (unpaired) electrons. The third-order valence-electron chi connectivity index (χ3n) is 12.4. The number of hydrogen-bond acceptors (Lipinski definition) is 4. The van der Waals surface area contributed by atoms with Crippen molar-refractivity contribution >= 4 is 5.97 Å². The highest BCUT2D eigenvalue weighted by molar-refractivity contribution is 5.70. The molecule has 0 bridgehead atoms. The number of carboxylic acid groups (broad SMARTS) is 1. The van der Waals surface area contributed by atoms with Gasteiger partial charge >= 0.3 is 5.97 Å². The van der Waals surface area contributed by atoms with Crippen molar-refractivity contribution in [2.24, 2.45) is 52.3 Å². The number of nitrogens with zero attached hydrogens (tertiary/aromatic N) is 1. The molecule has 0 aromatic carbocycles. The van der Waals surface area contributed by atoms with Crippen LogP contribution in [0.1, 0.15) is 91.4 Å². The van der Waals surface area contributed by atoms with E-state index in [0.717, 1.165) is 64.5 Å². The number of hydrogen-bond donors (Lipinski definition) is 3. The number of piperidine rings is 1. The van der Waals surface area contributed by atoms with E-state index in [1.54, 1.807) is 0 Å². The van der Waals surface area contributed by atoms with Gasteiger partial charge in [-0.3, -0.25) is 4.79 Å². The number of likely N-dealkylation sites (tertiary alicyclic amines) is 1. The number of halogens is 2. The van der Waals surface area contributed by atoms with Crippen LogP contribution in [0.25, 0.3) is 0 Å². The van der Waals surface area contributed by atoms with Gasteiger partial charge in [-0.15, -0.1) is 0 Å². The molecule has 4 saturated carbocycles. The summed E-state index contributed by atoms with van der Waals surface area (Å²) in [6.07, 6.45) is 6.50. The second-order valence-corrected chi connectivity index (χ2v) is 14.3. The van der Waals surface area contributed by atoms with Crippen molar-refractivity contribution < 1.29 is 28.9 Å². The smallest absolute Gasteiger partial charge is 0.307 e. The molecular formula is C30H49F2NO4. The van der Waals surface area contributed by atoms with Gasteiger partial charge in [0, 0.05) is 13.0 Å². The molecule has 212 valence electrons. The molecule has 5 nitrogen and oxygen atoms in total. The van der Waals surface area contributed by atoms with Gasteiger partial charge in [0.2, 0.25) is 0 Å². The van der Waals surface area contributed by atoms with Crippen molar-refractivity contribution in [3.8, 4) is 0 Å². The zero-order chi connectivity index (χ0) is 26.8. The maximum Gasteiger partial charge on any atom is 0.307 e. The average Bonchev–Trinajstić information content (AvgIpc) is 3.18. The van der Waals surface area contributed by atoms with Crippen molar-refractivity contribution in [2.45, 2.75) is 110 Å². The summed E-state index contributed by atoms with van der Waals surface area (Å²) < 4.78 is 29.5. The Morgan fingerprint density at radius 3 is 2.51 bits per heavy atom. The van der Waals surface area contributed by atoms with Gasteiger partial charge in [0.25, 0.3) is 5.92 Å². The van der Waals surface area contributed by atoms with Crippen molar-refractivity contribution in [3.63, 3.8) is 0 Å². The second-order valence-electron chi connectivity index (χ2n) is 14.3. The Morgan fingerprint density at radius 2 is 1.78 bits per heavy atom. The number of aliphatic carboxylic acids is 1. The highest BCUT2D eigenvalue weighted by Crippen LogP contribution is 2.69. The van der Waals surface area contributed by atoms with Gasteiger partial charge in [0.05, 0.1) is 12.0 Å². The quantitative estimate of drug-likeness (QED) is 0.431. The minimum absolute atomic E-state index is 0.0330. The maximum absolute atomic E-state index is 14.7. The predicted molar refractivity (Wildman–Crippen MR) is 138 cm³/mol. The van der Waals surface area contributed by atoms with E-state index in [1.165, 1.54) is 0 Å². The van der Waals surface area contributed by atoms with Crippen LogP contribution in [0.2, 0.25) is 0 Å². The fourth-order valence-electron chi connectivity index (χ4n) is 10.5. The maximum atomic E-state index is 14.7. The Labute approximate surface area is 221 Å². The van der Waals surface area contributed by atoms with Crippen LogP contribution in [0.3, 0.4) is 0 Å². The van der Waals surface area contributed by atoms with Gasteiger partial charge in [-0.2, -0.15) is 0 Å². The normalized spacial score (nSPS) is 48.5. The molecule has 1 saturated heterocycles. The molecule has 37 heavy (non-hydrogen) atoms. The first kappa shape index (κ1) is 27.8. The van der Waals surface area contributed by atoms with Gasteiger partial charge in [0.1, 0.15) is 6.10 Å². The summed E-state index contributed by atoms with van der Waals surface area (Å²) in [5.41, 5.74) is -0.374. The first-order valence-corrected chi connectivity index (χ1v) is 15.1. The predicted octanol–water partition coefficient (Wildman–Crippen LogP) is 5.44. The lowest BCUT2D eigenvalue weighted by Gasteiger charge is -2.63. The van der Waals surface area contributed by atoms with E-state index in [9.17, 15) is 28.9 Å². The SMILES string of the molecule is C[C@H](CCCN1CCCC(C(=O)O)C1)[C@H]1CC[C@H]2[C@@H]3[C@@H](O)C[C@@H]4C[C@@H](O)C(F)(F)C[C@]4(C)[C@H]3CC[C@]12C. The lowest BCUT2D eigenvalue weighted by Crippen LogP contribution is -2.62. The highest BCUT2D eigenvalue weighted by atomic mass is 19.3. The van der Waals surface area contributed by atoms with E-state index in [-0.39, 0.29) is 41.9 Å². The van der Waals surface area contributed by atoms with Gasteiger partial charge in [-0.1, -0.05) is 20.8 Å². The van der Waals surface area contributed by atoms with Gasteiger partial charge in [-0.25, -0.2) is 8.78 Å². The summed E-state index contributed by atoms with van der Waals surface area (Å²) in [6, 6.07) is 0. The first-order valence-electron chi connectivity index (χ1n) is 15.1. The Bertz CT molecular complexity index is 855. The van der Waals surface area contributed by atoms with E-state index in [4.69, 9.17) is 0 Å². The van der Waals surface area contributed by atoms with Gasteiger partial charge in [-0.05, 0) is 124 Å². The molecule has 1 heterocycles. The molecule has 11 atom stereocenters. The molecule has 0 amide bonds. The number of aliphatic hydroxyl groups excluding tert-OH is 2. The van der Waals surface area contributed by atoms with E-state index in [1.807, 2.05) is 6.92 Å². The minimum atomic E-state index is -3.04. The number of rotatable bonds is 6. The van der Waals surface area contributed by atoms with Crippen molar-refractivity contribution in [1.82, 2.24) is 4.90 Å². The Hall–Kier alpha value is -0.790. The second kappa shape index (κ2) is 9.99. The molecule has 5 fully saturated rings. The molecule has 0 aromatic rings. The zero-order valence-electron chi connectivity index (χ0n) is 23.0. The Morgan fingerprint density at radius 1 is 1.05 bits per heavy atom. The van der Waals surface area contributed by atoms with Crippen LogP contribution >= 0.6 is 0 Å². The Kier molecular flexibility index (Phi) is 7.50. The van der Waals surface area contributed by atoms with Crippen LogP contribution in [-0.4, -0.2) is 64.0 Å². The number of fused-ring (bicyclic) bond motifs is 5. The summed E-state index contributed by atoms with van der Waals surface area (Å²) in [5, 5.41) is 30.9. The lowest BCUT2D eigenvalue weighted by molar-refractivity contribution is -0.236. The van der Waals surface area contributed by atoms with Crippen molar-refractivity contribution in [1.29, 1.82) is 0 Å². The van der Waals surface area contributed by atoms with E-state index < -0.39 is 29.5 Å². The van der Waals surface area contributed by atoms with Crippen LogP contribution in [0, 0.1) is 52.3 Å². The zero-order valence-corrected chi connectivity index (χ0v) is 23.0. The minimum Gasteiger partial charge on any atom is -0.481 e. The third kappa shape index (κ3) is 4.77. The van der Waals surface area contributed by atoms with E-state index >= 15 is 0 Å². The number of carbonyl (C=O) groups is 1. The van der Waals surface area contributed by atoms with Crippen LogP contribution in [-0.2, 0) is 4.79 Å². The van der Waals surface area contributed by atoms with Crippen molar-refractivity contribution in [2.75, 3.05) is 19.6 Å². The third-order valence-corrected chi connectivity index (χ3v) is 12.4. The number of aliphatic hydroxyl groups is 2. The van der Waals surface area contributed by atoms with Crippen LogP contribution in [0.4, 0.5) is 8.78 Å². The number of carboxylic acids is 1. The number of alkyl halides is 2. The molecule has 7 heteroatoms. The molecular weight excluding hydrogens is 476 g/mol. The van der Waals surface area contributed by atoms with E-state index in [2.05, 4.69) is 18.7 Å². The molecule has 0 aromatic heterocycles.